The van der Waals surface area contributed by atoms with Crippen LogP contribution >= 0.6 is 620 Å². The first-order chi connectivity index (χ1) is 5.27. The number of benzene rings is 1. The first-order valence-corrected chi connectivity index (χ1v) is 3.25. The number of anilines is 2. The summed E-state index contributed by atoms with van der Waals surface area (Å²) in [7, 11) is 1.77. The van der Waals surface area contributed by atoms with Crippen LogP contribution < -0.4 is 11.1 Å². The standard InChI is InChI=1S/C8H9N3.50ClH/c1-11-8-3-2-7(10)4-6(8)5-9;;;;;;;;;;;;;;;;;;;;;;;;;;;;;;;;;;;;;;;;;;;;;;;;;;/h2-4,11H,10H2,1H3;50*1H. The van der Waals surface area contributed by atoms with Crippen LogP contribution in [0.1, 0.15) is 5.56 Å². The quantitative estimate of drug-likeness (QED) is 0.276. The number of nitrogens with zero attached hydrogens (tertiary/aromatic N) is 1. The lowest BCUT2D eigenvalue weighted by atomic mass is 10.2. The van der Waals surface area contributed by atoms with Gasteiger partial charge in [0.05, 0.1) is 11.3 Å². The van der Waals surface area contributed by atoms with Gasteiger partial charge < -0.3 is 11.1 Å². The van der Waals surface area contributed by atoms with Crippen molar-refractivity contribution in [3.8, 4) is 6.07 Å². The molecule has 0 radical (unpaired) electrons. The van der Waals surface area contributed by atoms with Gasteiger partial charge in [0.1, 0.15) is 6.07 Å². The number of hydrogen-bond acceptors (Lipinski definition) is 3. The van der Waals surface area contributed by atoms with Crippen LogP contribution in [0.5, 0.6) is 0 Å². The van der Waals surface area contributed by atoms with Gasteiger partial charge in [-0.25, -0.2) is 0 Å². The molecule has 53 heteroatoms. The van der Waals surface area contributed by atoms with Gasteiger partial charge in [0.25, 0.3) is 0 Å². The molecule has 456 valence electrons. The first kappa shape index (κ1) is 690. The summed E-state index contributed by atoms with van der Waals surface area (Å²) in [6.45, 7) is 0. The molecule has 0 unspecified atom stereocenters. The highest BCUT2D eigenvalue weighted by Crippen LogP contribution is 2.16. The minimum absolute atomic E-state index is 0. The maximum absolute atomic E-state index is 8.63. The molecule has 0 spiro atoms. The van der Waals surface area contributed by atoms with E-state index < -0.39 is 0 Å². The Bertz CT molecular complexity index is 340. The fraction of sp³-hybridized carbons (Fsp3) is 0.125. The SMILES string of the molecule is CNc1ccc(N)cc1C#N.Cl.Cl.Cl.Cl.Cl.Cl.Cl.Cl.Cl.Cl.Cl.Cl.Cl.Cl.Cl.Cl.Cl.Cl.Cl.Cl.Cl.Cl.Cl.Cl.Cl.Cl.Cl.Cl.Cl.Cl.Cl.Cl.Cl.Cl.Cl.Cl.Cl.Cl.Cl.Cl.Cl.Cl.Cl.Cl.Cl.Cl.Cl.Cl.Cl.Cl. The molecule has 0 fully saturated rings. The molecule has 0 atom stereocenters. The van der Waals surface area contributed by atoms with E-state index in [4.69, 9.17) is 11.0 Å². The summed E-state index contributed by atoms with van der Waals surface area (Å²) < 4.78 is 0. The van der Waals surface area contributed by atoms with Gasteiger partial charge in [-0.1, -0.05) is 0 Å². The van der Waals surface area contributed by atoms with Gasteiger partial charge in [-0.3, -0.25) is 0 Å². The summed E-state index contributed by atoms with van der Waals surface area (Å²) in [5, 5.41) is 11.5. The number of nitrogens with two attached hydrogens (primary N) is 1. The van der Waals surface area contributed by atoms with Crippen molar-refractivity contribution in [1.29, 1.82) is 5.26 Å². The Hall–Kier alpha value is 12.8. The fourth-order valence-electron chi connectivity index (χ4n) is 0.872. The monoisotopic (exact) mass is 1950 g/mol. The highest BCUT2D eigenvalue weighted by molar-refractivity contribution is 5.90. The van der Waals surface area contributed by atoms with Crippen LogP contribution in [-0.2, 0) is 0 Å². The summed E-state index contributed by atoms with van der Waals surface area (Å²) in [5.74, 6) is 0. The highest BCUT2D eigenvalue weighted by atomic mass is 35.5. The van der Waals surface area contributed by atoms with Gasteiger partial charge >= 0.3 is 0 Å². The zero-order valence-corrected chi connectivity index (χ0v) is 67.5. The second-order valence-corrected chi connectivity index (χ2v) is 2.17. The van der Waals surface area contributed by atoms with Crippen LogP contribution in [0.2, 0.25) is 0 Å². The lowest BCUT2D eigenvalue weighted by molar-refractivity contribution is 1.44. The van der Waals surface area contributed by atoms with Crippen molar-refractivity contribution in [3.05, 3.63) is 23.8 Å². The average molecular weight is 1970 g/mol. The van der Waals surface area contributed by atoms with Crippen LogP contribution in [0.25, 0.3) is 0 Å². The van der Waals surface area contributed by atoms with Crippen molar-refractivity contribution >= 4 is 632 Å². The zero-order chi connectivity index (χ0) is 8.27. The van der Waals surface area contributed by atoms with Gasteiger partial charge in [-0.2, -0.15) is 5.26 Å². The van der Waals surface area contributed by atoms with Crippen LogP contribution in [0, 0.1) is 11.3 Å². The van der Waals surface area contributed by atoms with Crippen LogP contribution in [0.15, 0.2) is 18.2 Å². The van der Waals surface area contributed by atoms with Crippen LogP contribution in [0.4, 0.5) is 11.4 Å². The predicted molar refractivity (Wildman–Crippen MR) is 408 cm³/mol. The van der Waals surface area contributed by atoms with E-state index in [9.17, 15) is 0 Å². The molecule has 1 aromatic carbocycles. The van der Waals surface area contributed by atoms with Crippen molar-refractivity contribution in [2.75, 3.05) is 18.1 Å². The molecule has 3 nitrogen and oxygen atoms in total. The topological polar surface area (TPSA) is 61.8 Å². The molecule has 1 aromatic rings. The third-order valence-electron chi connectivity index (χ3n) is 1.43. The minimum Gasteiger partial charge on any atom is -0.399 e. The van der Waals surface area contributed by atoms with Crippen LogP contribution in [0.3, 0.4) is 0 Å². The molecule has 0 amide bonds. The second kappa shape index (κ2) is 522. The number of nitrogen functional groups attached to an aromatic ring is 1. The lowest BCUT2D eigenvalue weighted by Gasteiger charge is -2.02. The number of rotatable bonds is 1. The summed E-state index contributed by atoms with van der Waals surface area (Å²) in [5.41, 5.74) is 7.47. The highest BCUT2D eigenvalue weighted by Gasteiger charge is 1.98. The Labute approximate surface area is 673 Å². The smallest absolute Gasteiger partial charge is 0.101 e. The molecular formula is C8H59Cl50N3. The Morgan fingerprint density at radius 1 is 0.295 bits per heavy atom. The maximum Gasteiger partial charge on any atom is 0.101 e. The van der Waals surface area contributed by atoms with E-state index in [0.717, 1.165) is 5.69 Å². The number of nitrogens with one attached hydrogen (secondary N) is 1. The normalized spacial score (nSPS) is 1.57. The first-order valence-electron chi connectivity index (χ1n) is 3.25. The molecule has 0 saturated carbocycles. The third-order valence-corrected chi connectivity index (χ3v) is 1.43. The van der Waals surface area contributed by atoms with E-state index >= 15 is 0 Å². The van der Waals surface area contributed by atoms with Gasteiger partial charge in [0.2, 0.25) is 0 Å². The van der Waals surface area contributed by atoms with E-state index in [1.807, 2.05) is 6.07 Å². The summed E-state index contributed by atoms with van der Waals surface area (Å²) in [6.07, 6.45) is 0. The van der Waals surface area contributed by atoms with Crippen molar-refractivity contribution in [3.63, 3.8) is 0 Å². The Balaban J connectivity index is -0.000000000504. The van der Waals surface area contributed by atoms with Gasteiger partial charge in [-0.15, -0.1) is 620 Å². The van der Waals surface area contributed by atoms with E-state index in [0.29, 0.717) is 11.3 Å². The van der Waals surface area contributed by atoms with Crippen LogP contribution in [-0.4, -0.2) is 7.05 Å². The Morgan fingerprint density at radius 3 is 0.525 bits per heavy atom. The molecule has 61 heavy (non-hydrogen) atoms. The minimum atomic E-state index is 0. The maximum atomic E-state index is 8.63. The summed E-state index contributed by atoms with van der Waals surface area (Å²) >= 11 is 0. The van der Waals surface area contributed by atoms with Gasteiger partial charge in [0, 0.05) is 12.7 Å². The molecule has 3 N–H and O–H groups in total. The molecule has 0 bridgehead atoms. The number of hydrogen-bond donors (Lipinski definition) is 2. The van der Waals surface area contributed by atoms with Crippen molar-refractivity contribution < 1.29 is 0 Å². The lowest BCUT2D eigenvalue weighted by Crippen LogP contribution is -1.93. The molecule has 0 aliphatic heterocycles. The van der Waals surface area contributed by atoms with E-state index in [2.05, 4.69) is 5.32 Å². The fourth-order valence-corrected chi connectivity index (χ4v) is 0.872. The predicted octanol–water partition coefficient (Wildman–Crippen LogP) is 22.3. The molecule has 0 aliphatic carbocycles. The number of nitriles is 1. The molecule has 0 saturated heterocycles. The summed E-state index contributed by atoms with van der Waals surface area (Å²) in [4.78, 5) is 0. The Kier molecular flexibility index (Phi) is 5910. The zero-order valence-electron chi connectivity index (χ0n) is 26.7. The number of halogens is 50. The van der Waals surface area contributed by atoms with Gasteiger partial charge in [-0.05, 0) is 18.2 Å². The van der Waals surface area contributed by atoms with Crippen molar-refractivity contribution in [2.24, 2.45) is 0 Å². The van der Waals surface area contributed by atoms with E-state index in [1.165, 1.54) is 0 Å². The average Bonchev–Trinajstić information content (AvgIpc) is 2.04. The third kappa shape index (κ3) is 411. The second-order valence-electron chi connectivity index (χ2n) is 2.17. The Morgan fingerprint density at radius 2 is 0.426 bits per heavy atom. The van der Waals surface area contributed by atoms with E-state index in [-0.39, 0.29) is 620 Å². The van der Waals surface area contributed by atoms with Crippen molar-refractivity contribution in [2.45, 2.75) is 0 Å². The molecule has 1 rings (SSSR count). The van der Waals surface area contributed by atoms with Gasteiger partial charge in [0.15, 0.2) is 0 Å². The molecular weight excluding hydrogens is 1910 g/mol. The van der Waals surface area contributed by atoms with Crippen molar-refractivity contribution in [1.82, 2.24) is 0 Å². The summed E-state index contributed by atoms with van der Waals surface area (Å²) in [6, 6.07) is 7.23. The largest absolute Gasteiger partial charge is 0.399 e. The van der Waals surface area contributed by atoms with E-state index in [1.54, 1.807) is 25.2 Å². The molecule has 0 aliphatic rings. The molecule has 0 aromatic heterocycles. The molecule has 0 heterocycles.